The lowest BCUT2D eigenvalue weighted by atomic mass is 9.71. The molecule has 2 saturated heterocycles. The Morgan fingerprint density at radius 2 is 1.67 bits per heavy atom. The van der Waals surface area contributed by atoms with Crippen molar-refractivity contribution in [3.05, 3.63) is 112 Å². The molecule has 320 valence electrons. The summed E-state index contributed by atoms with van der Waals surface area (Å²) in [5.41, 5.74) is -0.881. The topological polar surface area (TPSA) is 217 Å². The first-order valence-electron chi connectivity index (χ1n) is 19.5. The molecule has 2 aliphatic heterocycles. The van der Waals surface area contributed by atoms with Crippen LogP contribution in [0.25, 0.3) is 0 Å². The van der Waals surface area contributed by atoms with Gasteiger partial charge in [-0.2, -0.15) is 0 Å². The third-order valence-electron chi connectivity index (χ3n) is 11.0. The number of allylic oxidation sites excluding steroid dienone is 10. The number of hydrogen-bond donors (Lipinski definition) is 7. The highest BCUT2D eigenvalue weighted by atomic mass is 16.7. The van der Waals surface area contributed by atoms with Gasteiger partial charge in [0.1, 0.15) is 35.7 Å². The van der Waals surface area contributed by atoms with Gasteiger partial charge in [0.05, 0.1) is 30.3 Å². The van der Waals surface area contributed by atoms with Gasteiger partial charge in [-0.1, -0.05) is 101 Å². The second kappa shape index (κ2) is 21.1. The minimum atomic E-state index is -2.34. The maximum absolute atomic E-state index is 13.3. The van der Waals surface area contributed by atoms with E-state index in [1.807, 2.05) is 26.8 Å². The van der Waals surface area contributed by atoms with Crippen molar-refractivity contribution < 1.29 is 54.4 Å². The van der Waals surface area contributed by atoms with E-state index in [0.29, 0.717) is 0 Å². The molecule has 11 atom stereocenters. The zero-order valence-corrected chi connectivity index (χ0v) is 34.9. The predicted octanol–water partition coefficient (Wildman–Crippen LogP) is 3.09. The Morgan fingerprint density at radius 1 is 1.00 bits per heavy atom. The summed E-state index contributed by atoms with van der Waals surface area (Å²) in [4.78, 5) is 38.4. The predicted molar refractivity (Wildman–Crippen MR) is 220 cm³/mol. The summed E-state index contributed by atoms with van der Waals surface area (Å²) in [6, 6.07) is 1.27. The molecule has 0 saturated carbocycles. The normalized spacial score (nSPS) is 29.9. The standard InChI is InChI=1S/C44H62N2O12/c1-10-12-14-22-32-43(6,7)39(51)40(52)44(55,58-32)29(11-2)41(53)45-24-18-17-20-27(4)37(56-9)28(5)38-36(50)35(49)31(57-38)21-16-13-15-19-26(3)34(48)33-30(47)23-25-46(8)42(33)54/h10,12-23,25,28-29,31-32,35-40,47,49-52,55H,11,24H2,1-9H3,(H,45,53)/b12-10+,15-13+,18-17+,21-16-,22-14-,26-19+,27-20+/t28?,29-,31?,32?,35+,36+,37+,38?,39?,40?,44?/m1/s1. The number of carbonyl (C=O) groups is 2. The van der Waals surface area contributed by atoms with Gasteiger partial charge in [0.15, 0.2) is 5.78 Å². The molecule has 3 rings (SSSR count). The number of pyridine rings is 1. The van der Waals surface area contributed by atoms with Gasteiger partial charge < -0.3 is 54.7 Å². The number of rotatable bonds is 17. The highest BCUT2D eigenvalue weighted by molar-refractivity contribution is 6.09. The summed E-state index contributed by atoms with van der Waals surface area (Å²) < 4.78 is 19.0. The van der Waals surface area contributed by atoms with Crippen LogP contribution in [-0.4, -0.2) is 115 Å². The molecule has 7 N–H and O–H groups in total. The molecule has 58 heavy (non-hydrogen) atoms. The molecule has 0 aromatic carbocycles. The number of nitrogens with zero attached hydrogens (tertiary/aromatic N) is 1. The number of hydrogen-bond acceptors (Lipinski definition) is 12. The van der Waals surface area contributed by atoms with Gasteiger partial charge >= 0.3 is 0 Å². The third kappa shape index (κ3) is 10.9. The number of ketones is 1. The summed E-state index contributed by atoms with van der Waals surface area (Å²) in [7, 11) is 3.01. The van der Waals surface area contributed by atoms with Gasteiger partial charge in [-0.15, -0.1) is 0 Å². The first kappa shape index (κ1) is 48.1. The molecule has 0 spiro atoms. The molecule has 2 fully saturated rings. The van der Waals surface area contributed by atoms with Gasteiger partial charge in [-0.05, 0) is 44.4 Å². The molecule has 0 bridgehead atoms. The minimum Gasteiger partial charge on any atom is -0.507 e. The van der Waals surface area contributed by atoms with E-state index in [0.717, 1.165) is 5.57 Å². The Kier molecular flexibility index (Phi) is 17.5. The molecule has 0 radical (unpaired) electrons. The number of methoxy groups -OCH3 is 1. The molecule has 14 heteroatoms. The van der Waals surface area contributed by atoms with E-state index in [-0.39, 0.29) is 24.1 Å². The maximum Gasteiger partial charge on any atom is 0.265 e. The first-order chi connectivity index (χ1) is 27.3. The molecule has 7 unspecified atom stereocenters. The second-order valence-corrected chi connectivity index (χ2v) is 15.5. The number of nitrogens with one attached hydrogen (secondary N) is 1. The van der Waals surface area contributed by atoms with Crippen molar-refractivity contribution in [1.82, 2.24) is 9.88 Å². The minimum absolute atomic E-state index is 0.0818. The van der Waals surface area contributed by atoms with Crippen LogP contribution in [0, 0.1) is 17.3 Å². The number of aromatic nitrogens is 1. The number of ether oxygens (including phenoxy) is 3. The van der Waals surface area contributed by atoms with E-state index in [1.165, 1.54) is 44.0 Å². The van der Waals surface area contributed by atoms with E-state index in [1.54, 1.807) is 81.5 Å². The van der Waals surface area contributed by atoms with Crippen molar-refractivity contribution in [3.63, 3.8) is 0 Å². The molecular weight excluding hydrogens is 748 g/mol. The van der Waals surface area contributed by atoms with Crippen LogP contribution in [0.2, 0.25) is 0 Å². The maximum atomic E-state index is 13.3. The van der Waals surface area contributed by atoms with Gasteiger partial charge in [0, 0.05) is 38.2 Å². The van der Waals surface area contributed by atoms with Gasteiger partial charge in [0.25, 0.3) is 5.56 Å². The first-order valence-corrected chi connectivity index (χ1v) is 19.5. The average Bonchev–Trinajstić information content (AvgIpc) is 3.46. The van der Waals surface area contributed by atoms with E-state index in [2.05, 4.69) is 5.32 Å². The highest BCUT2D eigenvalue weighted by Crippen LogP contribution is 2.44. The molecule has 2 aliphatic rings. The second-order valence-electron chi connectivity index (χ2n) is 15.5. The molecule has 1 aromatic heterocycles. The Labute approximate surface area is 340 Å². The molecule has 0 aliphatic carbocycles. The van der Waals surface area contributed by atoms with Crippen molar-refractivity contribution >= 4 is 11.7 Å². The summed E-state index contributed by atoms with van der Waals surface area (Å²) >= 11 is 0. The van der Waals surface area contributed by atoms with E-state index in [9.17, 15) is 45.0 Å². The fourth-order valence-corrected chi connectivity index (χ4v) is 7.27. The summed E-state index contributed by atoms with van der Waals surface area (Å²) in [5, 5.41) is 68.0. The number of carbonyl (C=O) groups excluding carboxylic acids is 2. The average molecular weight is 811 g/mol. The van der Waals surface area contributed by atoms with Gasteiger partial charge in [-0.25, -0.2) is 0 Å². The summed E-state index contributed by atoms with van der Waals surface area (Å²) in [6.07, 6.45) is 13.0. The van der Waals surface area contributed by atoms with Crippen LogP contribution in [0.1, 0.15) is 65.2 Å². The number of aliphatic hydroxyl groups is 5. The van der Waals surface area contributed by atoms with Crippen molar-refractivity contribution in [2.45, 2.75) is 110 Å². The summed E-state index contributed by atoms with van der Waals surface area (Å²) in [6.45, 7) is 12.2. The smallest absolute Gasteiger partial charge is 0.265 e. The zero-order chi connectivity index (χ0) is 43.5. The Balaban J connectivity index is 1.61. The van der Waals surface area contributed by atoms with E-state index in [4.69, 9.17) is 14.2 Å². The molecule has 14 nitrogen and oxygen atoms in total. The number of aryl methyl sites for hydroxylation is 1. The SMILES string of the molecule is C/C=C/C=C\C1OC(O)([C@H](CC)C(=O)NC/C=C/C=C(\C)[C@H](OC)C(C)C2OC(\C=C/C=C/C=C(\C)C(=O)c3c(O)ccn(C)c3=O)[C@H](O)[C@@H]2O)C(O)C(O)C1(C)C. The van der Waals surface area contributed by atoms with Crippen molar-refractivity contribution in [3.8, 4) is 5.75 Å². The quantitative estimate of drug-likeness (QED) is 0.0687. The van der Waals surface area contributed by atoms with Crippen LogP contribution in [-0.2, 0) is 26.1 Å². The van der Waals surface area contributed by atoms with E-state index < -0.39 is 94.9 Å². The lowest BCUT2D eigenvalue weighted by Gasteiger charge is -2.53. The Hall–Kier alpha value is -4.25. The lowest BCUT2D eigenvalue weighted by Crippen LogP contribution is -2.69. The Morgan fingerprint density at radius 3 is 2.31 bits per heavy atom. The molecule has 1 aromatic rings. The van der Waals surface area contributed by atoms with Gasteiger partial charge in [0.2, 0.25) is 11.7 Å². The van der Waals surface area contributed by atoms with Gasteiger partial charge in [-0.3, -0.25) is 14.4 Å². The fourth-order valence-electron chi connectivity index (χ4n) is 7.27. The number of amides is 1. The molecular formula is C44H62N2O12. The van der Waals surface area contributed by atoms with Crippen LogP contribution >= 0.6 is 0 Å². The van der Waals surface area contributed by atoms with Crippen LogP contribution in [0.5, 0.6) is 5.75 Å². The van der Waals surface area contributed by atoms with Crippen LogP contribution in [0.3, 0.4) is 0 Å². The van der Waals surface area contributed by atoms with Crippen LogP contribution in [0.4, 0.5) is 0 Å². The molecule has 3 heterocycles. The number of aliphatic hydroxyl groups excluding tert-OH is 4. The highest BCUT2D eigenvalue weighted by Gasteiger charge is 2.60. The largest absolute Gasteiger partial charge is 0.507 e. The summed E-state index contributed by atoms with van der Waals surface area (Å²) in [5.74, 6) is -5.51. The monoisotopic (exact) mass is 810 g/mol. The Bertz CT molecular complexity index is 1860. The van der Waals surface area contributed by atoms with Crippen LogP contribution in [0.15, 0.2) is 101 Å². The number of aromatic hydroxyl groups is 1. The van der Waals surface area contributed by atoms with Crippen molar-refractivity contribution in [2.24, 2.45) is 24.3 Å². The van der Waals surface area contributed by atoms with E-state index >= 15 is 0 Å². The van der Waals surface area contributed by atoms with Crippen LogP contribution < -0.4 is 10.9 Å². The number of Topliss-reactive ketones (excluding diaryl/α,β-unsaturated/α-hetero) is 1. The fraction of sp³-hybridized carbons (Fsp3) is 0.523. The third-order valence-corrected chi connectivity index (χ3v) is 11.0. The van der Waals surface area contributed by atoms with Crippen molar-refractivity contribution in [2.75, 3.05) is 13.7 Å². The zero-order valence-electron chi connectivity index (χ0n) is 34.9. The lowest BCUT2D eigenvalue weighted by molar-refractivity contribution is -0.359. The molecule has 1 amide bonds. The van der Waals surface area contributed by atoms with Crippen molar-refractivity contribution in [1.29, 1.82) is 0 Å².